The summed E-state index contributed by atoms with van der Waals surface area (Å²) >= 11 is 13.9. The average molecular weight is 469 g/mol. The maximum absolute atomic E-state index is 10.6. The Kier molecular flexibility index (Phi) is 10.2. The van der Waals surface area contributed by atoms with E-state index in [0.29, 0.717) is 5.92 Å². The second kappa shape index (κ2) is 9.45. The molecule has 0 radical (unpaired) electrons. The Morgan fingerprint density at radius 1 is 1.37 bits per heavy atom. The van der Waals surface area contributed by atoms with Gasteiger partial charge in [-0.1, -0.05) is 55.9 Å². The average Bonchev–Trinajstić information content (AvgIpc) is 2.26. The van der Waals surface area contributed by atoms with Gasteiger partial charge < -0.3 is 4.89 Å². The van der Waals surface area contributed by atoms with Crippen LogP contribution in [-0.2, 0) is 11.8 Å². The van der Waals surface area contributed by atoms with Gasteiger partial charge in [-0.25, -0.2) is 0 Å². The molecule has 19 heavy (non-hydrogen) atoms. The molecule has 0 saturated carbocycles. The van der Waals surface area contributed by atoms with Crippen LogP contribution in [0.1, 0.15) is 26.7 Å². The van der Waals surface area contributed by atoms with Crippen molar-refractivity contribution in [3.63, 3.8) is 0 Å². The van der Waals surface area contributed by atoms with Gasteiger partial charge in [0, 0.05) is 20.0 Å². The number of hydrogen-bond donors (Lipinski definition) is 1. The zero-order valence-corrected chi connectivity index (χ0v) is 17.3. The highest BCUT2D eigenvalue weighted by Crippen LogP contribution is 2.57. The number of halogens is 3. The van der Waals surface area contributed by atoms with Crippen molar-refractivity contribution in [1.29, 1.82) is 0 Å². The van der Waals surface area contributed by atoms with E-state index in [2.05, 4.69) is 45.7 Å². The van der Waals surface area contributed by atoms with Crippen LogP contribution < -0.4 is 5.30 Å². The first-order valence-corrected chi connectivity index (χ1v) is 11.7. The second-order valence-electron chi connectivity index (χ2n) is 4.28. The summed E-state index contributed by atoms with van der Waals surface area (Å²) < 4.78 is 1.77. The summed E-state index contributed by atoms with van der Waals surface area (Å²) in [7, 11) is 0. The summed E-state index contributed by atoms with van der Waals surface area (Å²) in [6.07, 6.45) is 2.36. The summed E-state index contributed by atoms with van der Waals surface area (Å²) in [5.41, 5.74) is -2.54. The molecule has 1 N–H and O–H groups in total. The largest absolute Gasteiger partial charge is 0.354 e. The Bertz CT molecular complexity index is 439. The third-order valence-corrected chi connectivity index (χ3v) is 10.1. The lowest BCUT2D eigenvalue weighted by Crippen LogP contribution is -2.08. The minimum absolute atomic E-state index is 0. The summed E-state index contributed by atoms with van der Waals surface area (Å²) in [5.74, 6) is 1.51. The fraction of sp³-hybridized carbons (Fsp3) is 0.500. The monoisotopic (exact) mass is 466 g/mol. The standard InChI is InChI=1S/C12H17Br2OPS2.ClH/c1-3-5-9(2)8-18-16(15,17)12-10(13)6-4-7-11(12)14;/h4,6-7,9H,3,5,8H2,1-2H3,(H,15,17);1H. The van der Waals surface area contributed by atoms with Crippen molar-refractivity contribution in [3.05, 3.63) is 27.1 Å². The zero-order valence-electron chi connectivity index (χ0n) is 10.8. The first-order chi connectivity index (χ1) is 8.38. The number of benzene rings is 1. The Morgan fingerprint density at radius 3 is 2.37 bits per heavy atom. The predicted octanol–water partition coefficient (Wildman–Crippen LogP) is 5.73. The Morgan fingerprint density at radius 2 is 1.89 bits per heavy atom. The summed E-state index contributed by atoms with van der Waals surface area (Å²) in [5, 5.41) is 0.841. The molecule has 0 bridgehead atoms. The maximum atomic E-state index is 10.6. The molecule has 0 amide bonds. The summed E-state index contributed by atoms with van der Waals surface area (Å²) in [4.78, 5) is 10.6. The van der Waals surface area contributed by atoms with Crippen molar-refractivity contribution in [2.45, 2.75) is 26.7 Å². The van der Waals surface area contributed by atoms with Crippen LogP contribution in [0.15, 0.2) is 27.1 Å². The van der Waals surface area contributed by atoms with Gasteiger partial charge in [0.1, 0.15) is 5.47 Å². The molecular formula is C12H18Br2ClOPS2. The molecule has 0 heterocycles. The van der Waals surface area contributed by atoms with Crippen LogP contribution >= 0.6 is 61.1 Å². The molecule has 0 fully saturated rings. The predicted molar refractivity (Wildman–Crippen MR) is 102 cm³/mol. The first-order valence-electron chi connectivity index (χ1n) is 5.80. The van der Waals surface area contributed by atoms with E-state index in [0.717, 1.165) is 20.0 Å². The minimum atomic E-state index is -2.54. The van der Waals surface area contributed by atoms with Gasteiger partial charge >= 0.3 is 0 Å². The number of rotatable bonds is 6. The second-order valence-corrected chi connectivity index (χ2v) is 12.7. The normalized spacial score (nSPS) is 15.4. The van der Waals surface area contributed by atoms with Gasteiger partial charge in [0.05, 0.1) is 0 Å². The highest BCUT2D eigenvalue weighted by atomic mass is 79.9. The van der Waals surface area contributed by atoms with Gasteiger partial charge in [0.2, 0.25) is 0 Å². The van der Waals surface area contributed by atoms with Crippen molar-refractivity contribution in [2.75, 3.05) is 5.75 Å². The zero-order chi connectivity index (χ0) is 13.8. The van der Waals surface area contributed by atoms with Gasteiger partial charge in [-0.2, -0.15) is 0 Å². The minimum Gasteiger partial charge on any atom is -0.354 e. The van der Waals surface area contributed by atoms with Gasteiger partial charge in [-0.3, -0.25) is 0 Å². The Hall–Kier alpha value is 1.43. The molecule has 1 aromatic carbocycles. The van der Waals surface area contributed by atoms with Gasteiger partial charge in [0.15, 0.2) is 0 Å². The molecular weight excluding hydrogens is 450 g/mol. The molecule has 0 aliphatic carbocycles. The van der Waals surface area contributed by atoms with E-state index in [1.54, 1.807) is 0 Å². The van der Waals surface area contributed by atoms with Crippen molar-refractivity contribution < 1.29 is 4.89 Å². The molecule has 110 valence electrons. The van der Waals surface area contributed by atoms with Gasteiger partial charge in [0.25, 0.3) is 0 Å². The molecule has 0 aliphatic rings. The molecule has 1 nitrogen and oxygen atoms in total. The highest BCUT2D eigenvalue weighted by molar-refractivity contribution is 9.11. The van der Waals surface area contributed by atoms with Crippen LogP contribution in [0.25, 0.3) is 0 Å². The van der Waals surface area contributed by atoms with Crippen molar-refractivity contribution in [1.82, 2.24) is 0 Å². The fourth-order valence-corrected chi connectivity index (χ4v) is 10.5. The smallest absolute Gasteiger partial charge is 0.148 e. The van der Waals surface area contributed by atoms with E-state index in [-0.39, 0.29) is 12.4 Å². The summed E-state index contributed by atoms with van der Waals surface area (Å²) in [6, 6.07) is 5.78. The molecule has 0 aliphatic heterocycles. The van der Waals surface area contributed by atoms with Crippen LogP contribution in [-0.4, -0.2) is 10.6 Å². The lowest BCUT2D eigenvalue weighted by atomic mass is 10.1. The first kappa shape index (κ1) is 20.4. The molecule has 2 unspecified atom stereocenters. The molecule has 1 rings (SSSR count). The van der Waals surface area contributed by atoms with Gasteiger partial charge in [-0.15, -0.1) is 12.4 Å². The van der Waals surface area contributed by atoms with E-state index in [1.165, 1.54) is 24.2 Å². The highest BCUT2D eigenvalue weighted by Gasteiger charge is 2.23. The third-order valence-electron chi connectivity index (χ3n) is 2.54. The van der Waals surface area contributed by atoms with E-state index in [1.807, 2.05) is 18.2 Å². The lowest BCUT2D eigenvalue weighted by molar-refractivity contribution is 0.585. The molecule has 2 atom stereocenters. The van der Waals surface area contributed by atoms with E-state index < -0.39 is 5.47 Å². The van der Waals surface area contributed by atoms with E-state index in [4.69, 9.17) is 11.8 Å². The summed E-state index contributed by atoms with van der Waals surface area (Å²) in [6.45, 7) is 4.39. The molecule has 1 aromatic rings. The van der Waals surface area contributed by atoms with E-state index >= 15 is 0 Å². The molecule has 0 spiro atoms. The van der Waals surface area contributed by atoms with Crippen LogP contribution in [0, 0.1) is 5.92 Å². The molecule has 0 aromatic heterocycles. The Balaban J connectivity index is 0.00000324. The number of hydrogen-bond acceptors (Lipinski definition) is 2. The topological polar surface area (TPSA) is 20.2 Å². The quantitative estimate of drug-likeness (QED) is 0.539. The third kappa shape index (κ3) is 6.37. The molecule has 0 saturated heterocycles. The van der Waals surface area contributed by atoms with E-state index in [9.17, 15) is 4.89 Å². The molecule has 7 heteroatoms. The van der Waals surface area contributed by atoms with Crippen LogP contribution in [0.3, 0.4) is 0 Å². The van der Waals surface area contributed by atoms with Crippen LogP contribution in [0.5, 0.6) is 0 Å². The SMILES string of the molecule is CCCC(C)CSP(O)(=S)c1c(Br)cccc1Br.Cl. The maximum Gasteiger partial charge on any atom is 0.148 e. The van der Waals surface area contributed by atoms with Crippen molar-refractivity contribution in [2.24, 2.45) is 5.92 Å². The fourth-order valence-electron chi connectivity index (χ4n) is 1.63. The van der Waals surface area contributed by atoms with Crippen molar-refractivity contribution in [3.8, 4) is 0 Å². The van der Waals surface area contributed by atoms with Crippen LogP contribution in [0.4, 0.5) is 0 Å². The van der Waals surface area contributed by atoms with Gasteiger partial charge in [-0.05, 0) is 49.9 Å². The van der Waals surface area contributed by atoms with Crippen LogP contribution in [0.2, 0.25) is 0 Å². The lowest BCUT2D eigenvalue weighted by Gasteiger charge is -2.20. The van der Waals surface area contributed by atoms with Crippen molar-refractivity contribution >= 4 is 78.2 Å². The Labute approximate surface area is 147 Å².